The molecule has 0 saturated carbocycles. The summed E-state index contributed by atoms with van der Waals surface area (Å²) in [5.41, 5.74) is 2.06. The molecule has 0 aliphatic heterocycles. The molecule has 0 spiro atoms. The zero-order chi connectivity index (χ0) is 13.4. The van der Waals surface area contributed by atoms with Crippen molar-refractivity contribution in [1.29, 1.82) is 0 Å². The molecule has 0 aliphatic rings. The molecule has 0 bridgehead atoms. The Balaban J connectivity index is 2.22. The van der Waals surface area contributed by atoms with Gasteiger partial charge in [0.25, 0.3) is 0 Å². The van der Waals surface area contributed by atoms with Crippen LogP contribution in [0.3, 0.4) is 0 Å². The fourth-order valence-corrected chi connectivity index (χ4v) is 1.97. The molecule has 4 heteroatoms. The van der Waals surface area contributed by atoms with E-state index in [1.54, 1.807) is 30.3 Å². The summed E-state index contributed by atoms with van der Waals surface area (Å²) >= 11 is 0. The van der Waals surface area contributed by atoms with Gasteiger partial charge in [-0.2, -0.15) is 0 Å². The average Bonchev–Trinajstić information content (AvgIpc) is 2.82. The van der Waals surface area contributed by atoms with Gasteiger partial charge in [0.05, 0.1) is 5.56 Å². The van der Waals surface area contributed by atoms with Crippen LogP contribution in [0.4, 0.5) is 4.39 Å². The Morgan fingerprint density at radius 3 is 2.74 bits per heavy atom. The van der Waals surface area contributed by atoms with E-state index in [0.717, 1.165) is 0 Å². The van der Waals surface area contributed by atoms with Crippen molar-refractivity contribution in [3.63, 3.8) is 0 Å². The Bertz CT molecular complexity index is 777. The standard InChI is InChI=1S/C15H10FNO2/c1-9(18)12-6-3-7-13-14(12)19-15(17-13)10-4-2-5-11(16)8-10/h2-8H,1H3. The maximum absolute atomic E-state index is 13.2. The normalized spacial score (nSPS) is 10.8. The third-order valence-corrected chi connectivity index (χ3v) is 2.87. The quantitative estimate of drug-likeness (QED) is 0.653. The monoisotopic (exact) mass is 255 g/mol. The molecule has 0 unspecified atom stereocenters. The largest absolute Gasteiger partial charge is 0.435 e. The third-order valence-electron chi connectivity index (χ3n) is 2.87. The summed E-state index contributed by atoms with van der Waals surface area (Å²) in [7, 11) is 0. The Labute approximate surface area is 108 Å². The number of oxazole rings is 1. The number of fused-ring (bicyclic) bond motifs is 1. The van der Waals surface area contributed by atoms with Crippen molar-refractivity contribution in [1.82, 2.24) is 4.98 Å². The van der Waals surface area contributed by atoms with E-state index >= 15 is 0 Å². The van der Waals surface area contributed by atoms with E-state index in [4.69, 9.17) is 4.42 Å². The third kappa shape index (κ3) is 2.01. The number of hydrogen-bond acceptors (Lipinski definition) is 3. The fourth-order valence-electron chi connectivity index (χ4n) is 1.97. The van der Waals surface area contributed by atoms with E-state index in [2.05, 4.69) is 4.98 Å². The second kappa shape index (κ2) is 4.31. The number of aromatic nitrogens is 1. The van der Waals surface area contributed by atoms with E-state index in [0.29, 0.717) is 28.1 Å². The highest BCUT2D eigenvalue weighted by atomic mass is 19.1. The first-order valence-corrected chi connectivity index (χ1v) is 5.81. The summed E-state index contributed by atoms with van der Waals surface area (Å²) in [6.07, 6.45) is 0. The lowest BCUT2D eigenvalue weighted by atomic mass is 10.1. The van der Waals surface area contributed by atoms with Gasteiger partial charge in [-0.05, 0) is 37.3 Å². The lowest BCUT2D eigenvalue weighted by Gasteiger charge is -1.95. The van der Waals surface area contributed by atoms with E-state index in [1.807, 2.05) is 0 Å². The predicted molar refractivity (Wildman–Crippen MR) is 69.4 cm³/mol. The van der Waals surface area contributed by atoms with Crippen molar-refractivity contribution in [2.75, 3.05) is 0 Å². The molecule has 94 valence electrons. The minimum Gasteiger partial charge on any atom is -0.435 e. The number of rotatable bonds is 2. The lowest BCUT2D eigenvalue weighted by molar-refractivity contribution is 0.101. The summed E-state index contributed by atoms with van der Waals surface area (Å²) in [6.45, 7) is 1.47. The van der Waals surface area contributed by atoms with Crippen molar-refractivity contribution in [2.45, 2.75) is 6.92 Å². The van der Waals surface area contributed by atoms with Crippen LogP contribution in [0.5, 0.6) is 0 Å². The van der Waals surface area contributed by atoms with Crippen LogP contribution < -0.4 is 0 Å². The molecular formula is C15H10FNO2. The minimum absolute atomic E-state index is 0.0902. The number of benzene rings is 2. The molecule has 2 aromatic carbocycles. The first kappa shape index (κ1) is 11.6. The van der Waals surface area contributed by atoms with Crippen LogP contribution in [0.25, 0.3) is 22.6 Å². The highest BCUT2D eigenvalue weighted by molar-refractivity contribution is 6.04. The molecule has 0 fully saturated rings. The van der Waals surface area contributed by atoms with Gasteiger partial charge < -0.3 is 4.42 Å². The Morgan fingerprint density at radius 1 is 1.21 bits per heavy atom. The van der Waals surface area contributed by atoms with Crippen molar-refractivity contribution >= 4 is 16.9 Å². The first-order valence-electron chi connectivity index (χ1n) is 5.81. The van der Waals surface area contributed by atoms with Gasteiger partial charge in [-0.25, -0.2) is 9.37 Å². The fraction of sp³-hybridized carbons (Fsp3) is 0.0667. The average molecular weight is 255 g/mol. The van der Waals surface area contributed by atoms with Crippen LogP contribution in [0, 0.1) is 5.82 Å². The number of halogens is 1. The van der Waals surface area contributed by atoms with E-state index in [1.165, 1.54) is 19.1 Å². The first-order chi connectivity index (χ1) is 9.15. The summed E-state index contributed by atoms with van der Waals surface area (Å²) in [4.78, 5) is 15.8. The van der Waals surface area contributed by atoms with Crippen LogP contribution in [0.15, 0.2) is 46.9 Å². The van der Waals surface area contributed by atoms with Crippen LogP contribution in [0.2, 0.25) is 0 Å². The SMILES string of the molecule is CC(=O)c1cccc2nc(-c3cccc(F)c3)oc12. The number of nitrogens with zero attached hydrogens (tertiary/aromatic N) is 1. The van der Waals surface area contributed by atoms with E-state index in [-0.39, 0.29) is 11.6 Å². The van der Waals surface area contributed by atoms with Gasteiger partial charge in [0.2, 0.25) is 5.89 Å². The number of carbonyl (C=O) groups is 1. The molecule has 0 N–H and O–H groups in total. The highest BCUT2D eigenvalue weighted by Crippen LogP contribution is 2.27. The van der Waals surface area contributed by atoms with Crippen molar-refractivity contribution in [3.8, 4) is 11.5 Å². The molecule has 0 amide bonds. The number of para-hydroxylation sites is 1. The highest BCUT2D eigenvalue weighted by Gasteiger charge is 2.13. The molecule has 1 heterocycles. The molecule has 0 radical (unpaired) electrons. The summed E-state index contributed by atoms with van der Waals surface area (Å²) < 4.78 is 18.8. The molecule has 3 aromatic rings. The maximum atomic E-state index is 13.2. The molecule has 0 atom stereocenters. The van der Waals surface area contributed by atoms with Gasteiger partial charge in [-0.15, -0.1) is 0 Å². The Hall–Kier alpha value is -2.49. The summed E-state index contributed by atoms with van der Waals surface area (Å²) in [5, 5.41) is 0. The van der Waals surface area contributed by atoms with Gasteiger partial charge in [0, 0.05) is 5.56 Å². The lowest BCUT2D eigenvalue weighted by Crippen LogP contribution is -1.91. The second-order valence-corrected chi connectivity index (χ2v) is 4.24. The number of hydrogen-bond donors (Lipinski definition) is 0. The summed E-state index contributed by atoms with van der Waals surface area (Å²) in [6, 6.07) is 11.2. The molecule has 0 aliphatic carbocycles. The number of ketones is 1. The van der Waals surface area contributed by atoms with Crippen LogP contribution >= 0.6 is 0 Å². The molecule has 0 saturated heterocycles. The topological polar surface area (TPSA) is 43.1 Å². The van der Waals surface area contributed by atoms with Gasteiger partial charge in [0.1, 0.15) is 11.3 Å². The Kier molecular flexibility index (Phi) is 2.63. The molecular weight excluding hydrogens is 245 g/mol. The van der Waals surface area contributed by atoms with Crippen molar-refractivity contribution in [2.24, 2.45) is 0 Å². The van der Waals surface area contributed by atoms with Crippen LogP contribution in [0.1, 0.15) is 17.3 Å². The second-order valence-electron chi connectivity index (χ2n) is 4.24. The van der Waals surface area contributed by atoms with Crippen molar-refractivity contribution < 1.29 is 13.6 Å². The van der Waals surface area contributed by atoms with Gasteiger partial charge in [-0.3, -0.25) is 4.79 Å². The van der Waals surface area contributed by atoms with Gasteiger partial charge >= 0.3 is 0 Å². The van der Waals surface area contributed by atoms with Crippen molar-refractivity contribution in [3.05, 3.63) is 53.8 Å². The zero-order valence-electron chi connectivity index (χ0n) is 10.2. The predicted octanol–water partition coefficient (Wildman–Crippen LogP) is 3.84. The molecule has 1 aromatic heterocycles. The maximum Gasteiger partial charge on any atom is 0.227 e. The zero-order valence-corrected chi connectivity index (χ0v) is 10.2. The van der Waals surface area contributed by atoms with Gasteiger partial charge in [-0.1, -0.05) is 12.1 Å². The van der Waals surface area contributed by atoms with Crippen LogP contribution in [-0.4, -0.2) is 10.8 Å². The molecule has 3 rings (SSSR count). The molecule has 3 nitrogen and oxygen atoms in total. The minimum atomic E-state index is -0.355. The smallest absolute Gasteiger partial charge is 0.227 e. The van der Waals surface area contributed by atoms with Crippen LogP contribution in [-0.2, 0) is 0 Å². The summed E-state index contributed by atoms with van der Waals surface area (Å²) in [5.74, 6) is -0.137. The number of Topliss-reactive ketones (excluding diaryl/α,β-unsaturated/α-hetero) is 1. The van der Waals surface area contributed by atoms with Gasteiger partial charge in [0.15, 0.2) is 11.4 Å². The molecule has 19 heavy (non-hydrogen) atoms. The van der Waals surface area contributed by atoms with E-state index < -0.39 is 0 Å². The van der Waals surface area contributed by atoms with E-state index in [9.17, 15) is 9.18 Å². The Morgan fingerprint density at radius 2 is 2.00 bits per heavy atom. The number of carbonyl (C=O) groups excluding carboxylic acids is 1.